The predicted molar refractivity (Wildman–Crippen MR) is 33.1 cm³/mol. The summed E-state index contributed by atoms with van der Waals surface area (Å²) in [4.78, 5) is 0. The molecule has 9 heavy (non-hydrogen) atoms. The third kappa shape index (κ3) is 1.50. The van der Waals surface area contributed by atoms with Crippen LogP contribution in [0.3, 0.4) is 0 Å². The van der Waals surface area contributed by atoms with Crippen molar-refractivity contribution in [3.63, 3.8) is 0 Å². The number of hydrogen-bond donors (Lipinski definition) is 1. The number of hydrogen-bond acceptors (Lipinski definition) is 1. The van der Waals surface area contributed by atoms with Gasteiger partial charge in [-0.05, 0) is 23.8 Å². The normalized spacial score (nSPS) is 9.56. The molecule has 2 N–H and O–H groups in total. The van der Waals surface area contributed by atoms with Gasteiger partial charge < -0.3 is 5.73 Å². The smallest absolute Gasteiger partial charge is 0.123 e. The van der Waals surface area contributed by atoms with E-state index in [4.69, 9.17) is 5.73 Å². The van der Waals surface area contributed by atoms with Crippen molar-refractivity contribution in [3.8, 4) is 0 Å². The van der Waals surface area contributed by atoms with Crippen LogP contribution < -0.4 is 5.73 Å². The van der Waals surface area contributed by atoms with Crippen molar-refractivity contribution in [3.05, 3.63) is 35.6 Å². The maximum absolute atomic E-state index is 12.3. The molecule has 1 rings (SSSR count). The molecule has 47 valence electrons. The van der Waals surface area contributed by atoms with Crippen LogP contribution in [-0.2, 0) is 6.54 Å². The molecule has 0 aliphatic carbocycles. The van der Waals surface area contributed by atoms with E-state index in [1.165, 1.54) is 18.2 Å². The molecule has 0 saturated carbocycles. The highest BCUT2D eigenvalue weighted by Gasteiger charge is 1.89. The fourth-order valence-corrected chi connectivity index (χ4v) is 0.602. The highest BCUT2D eigenvalue weighted by Crippen LogP contribution is 2.00. The van der Waals surface area contributed by atoms with Crippen molar-refractivity contribution in [1.29, 1.82) is 0 Å². The first-order valence-electron chi connectivity index (χ1n) is 2.69. The zero-order chi connectivity index (χ0) is 6.69. The number of rotatable bonds is 1. The zero-order valence-corrected chi connectivity index (χ0v) is 4.89. The molecule has 0 aliphatic rings. The van der Waals surface area contributed by atoms with Crippen LogP contribution in [0.4, 0.5) is 4.39 Å². The van der Waals surface area contributed by atoms with E-state index < -0.39 is 0 Å². The molecule has 0 bridgehead atoms. The van der Waals surface area contributed by atoms with Gasteiger partial charge in [-0.3, -0.25) is 0 Å². The van der Waals surface area contributed by atoms with E-state index in [1.807, 2.05) is 0 Å². The molecule has 1 nitrogen and oxygen atoms in total. The number of nitrogens with two attached hydrogens (primary N) is 1. The summed E-state index contributed by atoms with van der Waals surface area (Å²) in [5, 5.41) is 0. The SMILES string of the molecule is NCc1[c]ccc(F)c1. The summed E-state index contributed by atoms with van der Waals surface area (Å²) in [5.74, 6) is -0.255. The van der Waals surface area contributed by atoms with Gasteiger partial charge in [0.1, 0.15) is 5.82 Å². The van der Waals surface area contributed by atoms with Gasteiger partial charge in [-0.2, -0.15) is 0 Å². The lowest BCUT2D eigenvalue weighted by Gasteiger charge is -1.92. The van der Waals surface area contributed by atoms with Gasteiger partial charge in [-0.15, -0.1) is 0 Å². The zero-order valence-electron chi connectivity index (χ0n) is 4.89. The lowest BCUT2D eigenvalue weighted by atomic mass is 10.2. The Morgan fingerprint density at radius 2 is 2.44 bits per heavy atom. The average Bonchev–Trinajstić information content (AvgIpc) is 1.88. The molecule has 1 radical (unpaired) electrons. The molecule has 1 aromatic carbocycles. The van der Waals surface area contributed by atoms with Gasteiger partial charge in [0, 0.05) is 6.54 Å². The van der Waals surface area contributed by atoms with Crippen LogP contribution in [-0.4, -0.2) is 0 Å². The third-order valence-corrected chi connectivity index (χ3v) is 1.04. The van der Waals surface area contributed by atoms with Crippen molar-refractivity contribution in [1.82, 2.24) is 0 Å². The van der Waals surface area contributed by atoms with E-state index in [0.29, 0.717) is 12.1 Å². The first-order chi connectivity index (χ1) is 4.33. The first kappa shape index (κ1) is 6.23. The number of halogens is 1. The molecule has 0 fully saturated rings. The van der Waals surface area contributed by atoms with E-state index >= 15 is 0 Å². The van der Waals surface area contributed by atoms with Crippen LogP contribution in [0.1, 0.15) is 5.56 Å². The quantitative estimate of drug-likeness (QED) is 0.595. The van der Waals surface area contributed by atoms with Crippen LogP contribution in [0.15, 0.2) is 18.2 Å². The van der Waals surface area contributed by atoms with Crippen LogP contribution in [0.25, 0.3) is 0 Å². The van der Waals surface area contributed by atoms with Gasteiger partial charge in [0.15, 0.2) is 0 Å². The van der Waals surface area contributed by atoms with Gasteiger partial charge in [-0.25, -0.2) is 4.39 Å². The Kier molecular flexibility index (Phi) is 1.80. The van der Waals surface area contributed by atoms with Gasteiger partial charge >= 0.3 is 0 Å². The van der Waals surface area contributed by atoms with Gasteiger partial charge in [0.05, 0.1) is 0 Å². The van der Waals surface area contributed by atoms with Crippen LogP contribution in [0, 0.1) is 11.9 Å². The molecule has 0 spiro atoms. The van der Waals surface area contributed by atoms with Crippen LogP contribution in [0.5, 0.6) is 0 Å². The standard InChI is InChI=1S/C7H7FN/c8-7-3-1-2-6(4-7)5-9/h1,3-4H,5,9H2. The fraction of sp³-hybridized carbons (Fsp3) is 0.143. The second kappa shape index (κ2) is 2.60. The Labute approximate surface area is 53.3 Å². The molecule has 2 heteroatoms. The second-order valence-corrected chi connectivity index (χ2v) is 1.74. The monoisotopic (exact) mass is 124 g/mol. The maximum Gasteiger partial charge on any atom is 0.123 e. The van der Waals surface area contributed by atoms with Crippen molar-refractivity contribution < 1.29 is 4.39 Å². The molecule has 1 aromatic rings. The summed E-state index contributed by atoms with van der Waals surface area (Å²) < 4.78 is 12.3. The first-order valence-corrected chi connectivity index (χ1v) is 2.69. The van der Waals surface area contributed by atoms with Gasteiger partial charge in [-0.1, -0.05) is 6.07 Å². The van der Waals surface area contributed by atoms with Gasteiger partial charge in [0.2, 0.25) is 0 Å². The minimum atomic E-state index is -0.255. The van der Waals surface area contributed by atoms with E-state index in [1.54, 1.807) is 0 Å². The molecule has 0 heterocycles. The van der Waals surface area contributed by atoms with Crippen molar-refractivity contribution in [2.45, 2.75) is 6.54 Å². The second-order valence-electron chi connectivity index (χ2n) is 1.74. The largest absolute Gasteiger partial charge is 0.326 e. The maximum atomic E-state index is 12.3. The third-order valence-electron chi connectivity index (χ3n) is 1.04. The predicted octanol–water partition coefficient (Wildman–Crippen LogP) is 1.08. The minimum Gasteiger partial charge on any atom is -0.326 e. The van der Waals surface area contributed by atoms with Crippen molar-refractivity contribution in [2.75, 3.05) is 0 Å². The Balaban J connectivity index is 2.94. The minimum absolute atomic E-state index is 0.255. The summed E-state index contributed by atoms with van der Waals surface area (Å²) in [5.41, 5.74) is 5.92. The number of benzene rings is 1. The highest BCUT2D eigenvalue weighted by atomic mass is 19.1. The Hall–Kier alpha value is -0.890. The Bertz CT molecular complexity index is 198. The Morgan fingerprint density at radius 1 is 1.67 bits per heavy atom. The molecule has 0 saturated heterocycles. The molecule has 0 aromatic heterocycles. The highest BCUT2D eigenvalue weighted by molar-refractivity contribution is 5.13. The lowest BCUT2D eigenvalue weighted by molar-refractivity contribution is 0.625. The van der Waals surface area contributed by atoms with Crippen molar-refractivity contribution >= 4 is 0 Å². The molecule has 0 amide bonds. The molecular weight excluding hydrogens is 117 g/mol. The van der Waals surface area contributed by atoms with E-state index in [9.17, 15) is 4.39 Å². The summed E-state index contributed by atoms with van der Waals surface area (Å²) in [6, 6.07) is 7.04. The topological polar surface area (TPSA) is 26.0 Å². The lowest BCUT2D eigenvalue weighted by Crippen LogP contribution is -1.95. The molecule has 0 unspecified atom stereocenters. The molecule has 0 aliphatic heterocycles. The molecular formula is C7H7FN. The average molecular weight is 124 g/mol. The van der Waals surface area contributed by atoms with E-state index in [2.05, 4.69) is 6.07 Å². The van der Waals surface area contributed by atoms with Crippen LogP contribution >= 0.6 is 0 Å². The van der Waals surface area contributed by atoms with E-state index in [0.717, 1.165) is 0 Å². The summed E-state index contributed by atoms with van der Waals surface area (Å²) >= 11 is 0. The fourth-order valence-electron chi connectivity index (χ4n) is 0.602. The van der Waals surface area contributed by atoms with Gasteiger partial charge in [0.25, 0.3) is 0 Å². The van der Waals surface area contributed by atoms with Crippen molar-refractivity contribution in [2.24, 2.45) is 5.73 Å². The summed E-state index contributed by atoms with van der Waals surface area (Å²) in [6.07, 6.45) is 0. The molecule has 0 atom stereocenters. The van der Waals surface area contributed by atoms with E-state index in [-0.39, 0.29) is 5.82 Å². The Morgan fingerprint density at radius 3 is 2.89 bits per heavy atom. The summed E-state index contributed by atoms with van der Waals surface area (Å²) in [7, 11) is 0. The summed E-state index contributed by atoms with van der Waals surface area (Å²) in [6.45, 7) is 0.345. The van der Waals surface area contributed by atoms with Crippen LogP contribution in [0.2, 0.25) is 0 Å².